The van der Waals surface area contributed by atoms with Crippen molar-refractivity contribution in [1.82, 2.24) is 9.97 Å². The Balaban J connectivity index is 1.71. The van der Waals surface area contributed by atoms with Crippen LogP contribution >= 0.6 is 22.7 Å². The van der Waals surface area contributed by atoms with Crippen LogP contribution in [0.25, 0.3) is 20.7 Å². The molecule has 132 valence electrons. The number of hydrogen-bond acceptors (Lipinski definition) is 5. The third-order valence-corrected chi connectivity index (χ3v) is 6.61. The van der Waals surface area contributed by atoms with Crippen LogP contribution in [-0.2, 0) is 4.74 Å². The van der Waals surface area contributed by atoms with Crippen molar-refractivity contribution in [3.8, 4) is 10.4 Å². The van der Waals surface area contributed by atoms with E-state index < -0.39 is 0 Å². The number of quaternary nitrogens is 1. The highest BCUT2D eigenvalue weighted by molar-refractivity contribution is 7.18. The molecule has 1 aliphatic heterocycles. The number of nitrogens with one attached hydrogen (secondary N) is 2. The summed E-state index contributed by atoms with van der Waals surface area (Å²) >= 11 is 3.19. The molecule has 0 saturated carbocycles. The highest BCUT2D eigenvalue weighted by Gasteiger charge is 2.31. The third kappa shape index (κ3) is 3.17. The maximum absolute atomic E-state index is 12.8. The first-order chi connectivity index (χ1) is 12.0. The van der Waals surface area contributed by atoms with Crippen molar-refractivity contribution in [2.45, 2.75) is 39.0 Å². The number of ether oxygens (including phenoxy) is 1. The first-order valence-electron chi connectivity index (χ1n) is 8.58. The molecule has 3 aromatic heterocycles. The number of nitrogens with zero attached hydrogens (tertiary/aromatic N) is 1. The topological polar surface area (TPSA) is 59.4 Å². The van der Waals surface area contributed by atoms with Gasteiger partial charge >= 0.3 is 0 Å². The molecule has 1 fully saturated rings. The lowest BCUT2D eigenvalue weighted by Gasteiger charge is -2.35. The molecule has 1 saturated heterocycles. The van der Waals surface area contributed by atoms with Gasteiger partial charge in [0.1, 0.15) is 36.2 Å². The average Bonchev–Trinajstić information content (AvgIpc) is 3.22. The zero-order chi connectivity index (χ0) is 17.6. The van der Waals surface area contributed by atoms with Gasteiger partial charge in [0.15, 0.2) is 5.82 Å². The quantitative estimate of drug-likeness (QED) is 0.738. The number of aromatic nitrogens is 2. The first kappa shape index (κ1) is 16.9. The molecule has 1 aliphatic rings. The molecule has 0 unspecified atom stereocenters. The Morgan fingerprint density at radius 3 is 2.76 bits per heavy atom. The Labute approximate surface area is 154 Å². The highest BCUT2D eigenvalue weighted by atomic mass is 32.1. The van der Waals surface area contributed by atoms with Crippen molar-refractivity contribution in [2.24, 2.45) is 0 Å². The number of H-pyrrole nitrogens is 1. The van der Waals surface area contributed by atoms with Crippen LogP contribution in [-0.4, -0.2) is 35.3 Å². The third-order valence-electron chi connectivity index (χ3n) is 4.84. The average molecular weight is 377 g/mol. The minimum absolute atomic E-state index is 0.0368. The van der Waals surface area contributed by atoms with E-state index in [0.717, 1.165) is 34.2 Å². The molecule has 0 aromatic carbocycles. The van der Waals surface area contributed by atoms with Crippen molar-refractivity contribution in [3.63, 3.8) is 0 Å². The van der Waals surface area contributed by atoms with Gasteiger partial charge in [-0.2, -0.15) is 0 Å². The lowest BCUT2D eigenvalue weighted by atomic mass is 10.1. The summed E-state index contributed by atoms with van der Waals surface area (Å²) in [4.78, 5) is 24.0. The Bertz CT molecular complexity index is 922. The van der Waals surface area contributed by atoms with Gasteiger partial charge in [-0.25, -0.2) is 4.98 Å². The summed E-state index contributed by atoms with van der Waals surface area (Å²) in [5, 5.41) is 4.78. The maximum atomic E-state index is 12.8. The molecule has 25 heavy (non-hydrogen) atoms. The van der Waals surface area contributed by atoms with Gasteiger partial charge < -0.3 is 14.6 Å². The molecule has 5 nitrogen and oxygen atoms in total. The number of hydrogen-bond donors (Lipinski definition) is 2. The summed E-state index contributed by atoms with van der Waals surface area (Å²) in [6.07, 6.45) is 0.452. The molecule has 3 aromatic rings. The standard InChI is InChI=1S/C18H21N3O2S2/c1-10-7-21(8-11(2)23-10)12(3)16-19-17(22)15-13(9-25-18(15)20-16)14-5-4-6-24-14/h4-6,9-12H,7-8H2,1-3H3,(H,19,20,22)/p+1/t10-,11-,12+/m1/s1. The van der Waals surface area contributed by atoms with E-state index in [0.29, 0.717) is 5.39 Å². The number of aromatic amines is 1. The Kier molecular flexibility index (Phi) is 4.49. The van der Waals surface area contributed by atoms with E-state index in [2.05, 4.69) is 25.8 Å². The SMILES string of the molecule is C[C@@H]1C[NH+]([C@@H](C)c2nc3scc(-c4cccs4)c3c(=O)[nH]2)C[C@@H](C)O1. The van der Waals surface area contributed by atoms with E-state index in [1.165, 1.54) is 4.90 Å². The summed E-state index contributed by atoms with van der Waals surface area (Å²) < 4.78 is 5.83. The van der Waals surface area contributed by atoms with Crippen LogP contribution in [0.4, 0.5) is 0 Å². The maximum Gasteiger partial charge on any atom is 0.260 e. The molecule has 0 aliphatic carbocycles. The molecule has 0 bridgehead atoms. The summed E-state index contributed by atoms with van der Waals surface area (Å²) in [5.41, 5.74) is 0.953. The Morgan fingerprint density at radius 2 is 2.08 bits per heavy atom. The summed E-state index contributed by atoms with van der Waals surface area (Å²) in [6.45, 7) is 8.21. The summed E-state index contributed by atoms with van der Waals surface area (Å²) in [5.74, 6) is 0.772. The van der Waals surface area contributed by atoms with Crippen LogP contribution in [0.2, 0.25) is 0 Å². The lowest BCUT2D eigenvalue weighted by Crippen LogP contribution is -3.15. The van der Waals surface area contributed by atoms with E-state index in [-0.39, 0.29) is 23.8 Å². The molecule has 0 spiro atoms. The minimum atomic E-state index is -0.0368. The van der Waals surface area contributed by atoms with Gasteiger partial charge in [-0.1, -0.05) is 6.07 Å². The van der Waals surface area contributed by atoms with Gasteiger partial charge in [0.2, 0.25) is 0 Å². The van der Waals surface area contributed by atoms with Crippen molar-refractivity contribution >= 4 is 32.9 Å². The number of fused-ring (bicyclic) bond motifs is 1. The van der Waals surface area contributed by atoms with Gasteiger partial charge in [0.05, 0.1) is 5.39 Å². The second kappa shape index (κ2) is 6.64. The van der Waals surface area contributed by atoms with Gasteiger partial charge in [0, 0.05) is 15.8 Å². The monoisotopic (exact) mass is 376 g/mol. The smallest absolute Gasteiger partial charge is 0.260 e. The zero-order valence-electron chi connectivity index (χ0n) is 14.5. The van der Waals surface area contributed by atoms with Crippen molar-refractivity contribution in [2.75, 3.05) is 13.1 Å². The fraction of sp³-hybridized carbons (Fsp3) is 0.444. The normalized spacial score (nSPS) is 25.3. The lowest BCUT2D eigenvalue weighted by molar-refractivity contribution is -0.944. The van der Waals surface area contributed by atoms with Crippen LogP contribution in [0.3, 0.4) is 0 Å². The van der Waals surface area contributed by atoms with Crippen LogP contribution in [0.15, 0.2) is 27.7 Å². The molecule has 4 rings (SSSR count). The summed E-state index contributed by atoms with van der Waals surface area (Å²) in [6, 6.07) is 4.19. The predicted octanol–water partition coefficient (Wildman–Crippen LogP) is 2.47. The van der Waals surface area contributed by atoms with E-state index in [1.807, 2.05) is 22.9 Å². The molecular formula is C18H22N3O2S2+. The second-order valence-corrected chi connectivity index (χ2v) is 8.61. The van der Waals surface area contributed by atoms with Gasteiger partial charge in [0.25, 0.3) is 5.56 Å². The van der Waals surface area contributed by atoms with Crippen LogP contribution < -0.4 is 10.5 Å². The molecule has 2 N–H and O–H groups in total. The molecule has 3 atom stereocenters. The Hall–Kier alpha value is -1.54. The van der Waals surface area contributed by atoms with Gasteiger partial charge in [-0.15, -0.1) is 22.7 Å². The fourth-order valence-electron chi connectivity index (χ4n) is 3.65. The van der Waals surface area contributed by atoms with Gasteiger partial charge in [-0.3, -0.25) is 4.79 Å². The van der Waals surface area contributed by atoms with E-state index in [9.17, 15) is 4.79 Å². The van der Waals surface area contributed by atoms with E-state index in [4.69, 9.17) is 9.72 Å². The minimum Gasteiger partial charge on any atom is -0.364 e. The largest absolute Gasteiger partial charge is 0.364 e. The molecule has 7 heteroatoms. The zero-order valence-corrected chi connectivity index (χ0v) is 16.2. The molecule has 0 amide bonds. The Morgan fingerprint density at radius 1 is 1.32 bits per heavy atom. The second-order valence-electron chi connectivity index (χ2n) is 6.80. The van der Waals surface area contributed by atoms with Gasteiger partial charge in [-0.05, 0) is 32.2 Å². The van der Waals surface area contributed by atoms with Crippen LogP contribution in [0.1, 0.15) is 32.6 Å². The van der Waals surface area contributed by atoms with Crippen molar-refractivity contribution in [1.29, 1.82) is 0 Å². The number of rotatable bonds is 3. The van der Waals surface area contributed by atoms with E-state index in [1.54, 1.807) is 22.7 Å². The van der Waals surface area contributed by atoms with Crippen molar-refractivity contribution in [3.05, 3.63) is 39.1 Å². The molecule has 4 heterocycles. The van der Waals surface area contributed by atoms with Crippen LogP contribution in [0, 0.1) is 0 Å². The van der Waals surface area contributed by atoms with Crippen molar-refractivity contribution < 1.29 is 9.64 Å². The van der Waals surface area contributed by atoms with E-state index >= 15 is 0 Å². The number of morpholine rings is 1. The predicted molar refractivity (Wildman–Crippen MR) is 103 cm³/mol. The highest BCUT2D eigenvalue weighted by Crippen LogP contribution is 2.33. The fourth-order valence-corrected chi connectivity index (χ4v) is 5.41. The molecular weight excluding hydrogens is 354 g/mol. The first-order valence-corrected chi connectivity index (χ1v) is 10.3. The number of thiophene rings is 2. The molecule has 0 radical (unpaired) electrons. The summed E-state index contributed by atoms with van der Waals surface area (Å²) in [7, 11) is 0. The van der Waals surface area contributed by atoms with Crippen LogP contribution in [0.5, 0.6) is 0 Å².